The Balaban J connectivity index is 1.95. The standard InChI is InChI=1S/C20H19N3O3/c1-12-4-9-18(13(2)10-12)23-19(24)17(14(3)22-23)11-21-16-7-5-15(6-8-16)20(25)26/h4-11,22H,1-3H3,(H,25,26). The van der Waals surface area contributed by atoms with Crippen molar-refractivity contribution in [1.82, 2.24) is 9.78 Å². The minimum absolute atomic E-state index is 0.180. The van der Waals surface area contributed by atoms with Gasteiger partial charge in [-0.15, -0.1) is 0 Å². The van der Waals surface area contributed by atoms with E-state index < -0.39 is 5.97 Å². The molecule has 3 aromatic rings. The third-order valence-electron chi connectivity index (χ3n) is 4.17. The molecule has 2 N–H and O–H groups in total. The van der Waals surface area contributed by atoms with Crippen molar-refractivity contribution in [3.8, 4) is 5.69 Å². The molecule has 1 heterocycles. The first-order valence-electron chi connectivity index (χ1n) is 8.13. The zero-order valence-electron chi connectivity index (χ0n) is 14.8. The molecule has 1 aromatic heterocycles. The fourth-order valence-corrected chi connectivity index (χ4v) is 2.77. The van der Waals surface area contributed by atoms with Crippen LogP contribution in [0.2, 0.25) is 0 Å². The molecule has 0 amide bonds. The van der Waals surface area contributed by atoms with Crippen molar-refractivity contribution in [2.24, 2.45) is 4.99 Å². The molecule has 0 aliphatic carbocycles. The van der Waals surface area contributed by atoms with Crippen LogP contribution >= 0.6 is 0 Å². The molecule has 0 unspecified atom stereocenters. The summed E-state index contributed by atoms with van der Waals surface area (Å²) in [5.41, 5.74) is 4.70. The van der Waals surface area contributed by atoms with E-state index in [0.717, 1.165) is 16.8 Å². The number of carbonyl (C=O) groups is 1. The second kappa shape index (κ2) is 6.84. The fourth-order valence-electron chi connectivity index (χ4n) is 2.77. The molecule has 3 rings (SSSR count). The Labute approximate surface area is 150 Å². The lowest BCUT2D eigenvalue weighted by Crippen LogP contribution is -2.18. The van der Waals surface area contributed by atoms with Crippen LogP contribution in [0.3, 0.4) is 0 Å². The van der Waals surface area contributed by atoms with Gasteiger partial charge in [0, 0.05) is 11.9 Å². The van der Waals surface area contributed by atoms with Gasteiger partial charge in [-0.1, -0.05) is 17.7 Å². The monoisotopic (exact) mass is 349 g/mol. The van der Waals surface area contributed by atoms with Gasteiger partial charge in [0.25, 0.3) is 5.56 Å². The molecule has 132 valence electrons. The topological polar surface area (TPSA) is 87.4 Å². The van der Waals surface area contributed by atoms with Crippen LogP contribution in [0.15, 0.2) is 52.3 Å². The molecule has 2 aromatic carbocycles. The lowest BCUT2D eigenvalue weighted by atomic mass is 10.1. The van der Waals surface area contributed by atoms with E-state index in [1.807, 2.05) is 39.0 Å². The average Bonchev–Trinajstić information content (AvgIpc) is 2.87. The highest BCUT2D eigenvalue weighted by atomic mass is 16.4. The number of H-pyrrole nitrogens is 1. The molecule has 0 saturated carbocycles. The van der Waals surface area contributed by atoms with Crippen molar-refractivity contribution in [3.05, 3.63) is 80.8 Å². The summed E-state index contributed by atoms with van der Waals surface area (Å²) in [6.45, 7) is 5.78. The highest BCUT2D eigenvalue weighted by Crippen LogP contribution is 2.16. The number of carboxylic acids is 1. The van der Waals surface area contributed by atoms with E-state index in [9.17, 15) is 9.59 Å². The van der Waals surface area contributed by atoms with Crippen molar-refractivity contribution in [2.75, 3.05) is 0 Å². The Morgan fingerprint density at radius 1 is 1.12 bits per heavy atom. The van der Waals surface area contributed by atoms with Crippen LogP contribution in [0, 0.1) is 20.8 Å². The molecule has 0 aliphatic rings. The number of nitrogens with one attached hydrogen (secondary N) is 1. The number of aromatic nitrogens is 2. The van der Waals surface area contributed by atoms with E-state index in [-0.39, 0.29) is 11.1 Å². The van der Waals surface area contributed by atoms with Crippen molar-refractivity contribution >= 4 is 17.9 Å². The van der Waals surface area contributed by atoms with E-state index in [0.29, 0.717) is 16.9 Å². The quantitative estimate of drug-likeness (QED) is 0.706. The molecule has 0 radical (unpaired) electrons. The number of aryl methyl sites for hydroxylation is 3. The molecule has 26 heavy (non-hydrogen) atoms. The number of hydrogen-bond acceptors (Lipinski definition) is 3. The Bertz CT molecular complexity index is 1060. The summed E-state index contributed by atoms with van der Waals surface area (Å²) in [7, 11) is 0. The van der Waals surface area contributed by atoms with Gasteiger partial charge in [-0.3, -0.25) is 14.9 Å². The predicted molar refractivity (Wildman–Crippen MR) is 101 cm³/mol. The Morgan fingerprint density at radius 3 is 2.42 bits per heavy atom. The molecular formula is C20H19N3O3. The van der Waals surface area contributed by atoms with E-state index in [1.54, 1.807) is 12.1 Å². The van der Waals surface area contributed by atoms with Crippen LogP contribution in [0.4, 0.5) is 5.69 Å². The van der Waals surface area contributed by atoms with Gasteiger partial charge >= 0.3 is 5.97 Å². The molecule has 0 saturated heterocycles. The number of aliphatic imine (C=N–C) groups is 1. The molecule has 0 atom stereocenters. The number of aromatic amines is 1. The minimum atomic E-state index is -0.988. The lowest BCUT2D eigenvalue weighted by Gasteiger charge is -2.06. The second-order valence-electron chi connectivity index (χ2n) is 6.19. The second-order valence-corrected chi connectivity index (χ2v) is 6.19. The zero-order valence-corrected chi connectivity index (χ0v) is 14.8. The SMILES string of the molecule is Cc1ccc(-n2[nH]c(C)c(C=Nc3ccc(C(=O)O)cc3)c2=O)c(C)c1. The van der Waals surface area contributed by atoms with Gasteiger partial charge in [-0.2, -0.15) is 0 Å². The van der Waals surface area contributed by atoms with Gasteiger partial charge in [0.05, 0.1) is 22.5 Å². The number of benzene rings is 2. The van der Waals surface area contributed by atoms with Crippen molar-refractivity contribution < 1.29 is 9.90 Å². The first-order chi connectivity index (χ1) is 12.4. The summed E-state index contributed by atoms with van der Waals surface area (Å²) in [5.74, 6) is -0.988. The van der Waals surface area contributed by atoms with Crippen molar-refractivity contribution in [1.29, 1.82) is 0 Å². The van der Waals surface area contributed by atoms with E-state index in [1.165, 1.54) is 23.0 Å². The van der Waals surface area contributed by atoms with Gasteiger partial charge in [-0.05, 0) is 56.7 Å². The highest BCUT2D eigenvalue weighted by Gasteiger charge is 2.12. The number of carboxylic acid groups (broad SMARTS) is 1. The van der Waals surface area contributed by atoms with Gasteiger partial charge in [-0.25, -0.2) is 9.48 Å². The van der Waals surface area contributed by atoms with Crippen LogP contribution < -0.4 is 5.56 Å². The lowest BCUT2D eigenvalue weighted by molar-refractivity contribution is 0.0697. The van der Waals surface area contributed by atoms with Crippen LogP contribution in [0.5, 0.6) is 0 Å². The third kappa shape index (κ3) is 3.35. The summed E-state index contributed by atoms with van der Waals surface area (Å²) in [5, 5.41) is 12.0. The number of hydrogen-bond donors (Lipinski definition) is 2. The maximum atomic E-state index is 12.8. The third-order valence-corrected chi connectivity index (χ3v) is 4.17. The first-order valence-corrected chi connectivity index (χ1v) is 8.13. The number of aromatic carboxylic acids is 1. The van der Waals surface area contributed by atoms with E-state index >= 15 is 0 Å². The highest BCUT2D eigenvalue weighted by molar-refractivity contribution is 5.88. The Morgan fingerprint density at radius 2 is 1.81 bits per heavy atom. The summed E-state index contributed by atoms with van der Waals surface area (Å²) in [6, 6.07) is 12.1. The van der Waals surface area contributed by atoms with E-state index in [4.69, 9.17) is 5.11 Å². The molecule has 0 fully saturated rings. The van der Waals surface area contributed by atoms with E-state index in [2.05, 4.69) is 10.1 Å². The normalized spacial score (nSPS) is 11.2. The summed E-state index contributed by atoms with van der Waals surface area (Å²) in [6.07, 6.45) is 1.50. The Kier molecular flexibility index (Phi) is 4.58. The largest absolute Gasteiger partial charge is 0.478 e. The first kappa shape index (κ1) is 17.4. The van der Waals surface area contributed by atoms with Crippen LogP contribution in [-0.2, 0) is 0 Å². The van der Waals surface area contributed by atoms with Crippen molar-refractivity contribution in [3.63, 3.8) is 0 Å². The molecule has 6 heteroatoms. The smallest absolute Gasteiger partial charge is 0.335 e. The molecule has 0 spiro atoms. The number of nitrogens with zero attached hydrogens (tertiary/aromatic N) is 2. The van der Waals surface area contributed by atoms with Gasteiger partial charge in [0.15, 0.2) is 0 Å². The molecule has 6 nitrogen and oxygen atoms in total. The summed E-state index contributed by atoms with van der Waals surface area (Å²) in [4.78, 5) is 27.9. The van der Waals surface area contributed by atoms with Gasteiger partial charge in [0.1, 0.15) is 0 Å². The molecule has 0 bridgehead atoms. The maximum Gasteiger partial charge on any atom is 0.335 e. The summed E-state index contributed by atoms with van der Waals surface area (Å²) >= 11 is 0. The fraction of sp³-hybridized carbons (Fsp3) is 0.150. The minimum Gasteiger partial charge on any atom is -0.478 e. The number of rotatable bonds is 4. The van der Waals surface area contributed by atoms with Crippen molar-refractivity contribution in [2.45, 2.75) is 20.8 Å². The molecule has 0 aliphatic heterocycles. The average molecular weight is 349 g/mol. The summed E-state index contributed by atoms with van der Waals surface area (Å²) < 4.78 is 1.51. The van der Waals surface area contributed by atoms with Crippen LogP contribution in [-0.4, -0.2) is 27.1 Å². The maximum absolute atomic E-state index is 12.8. The van der Waals surface area contributed by atoms with Gasteiger partial charge in [0.2, 0.25) is 0 Å². The van der Waals surface area contributed by atoms with Crippen LogP contribution in [0.25, 0.3) is 5.69 Å². The van der Waals surface area contributed by atoms with Crippen LogP contribution in [0.1, 0.15) is 32.7 Å². The Hall–Kier alpha value is -3.41. The zero-order chi connectivity index (χ0) is 18.8. The molecular weight excluding hydrogens is 330 g/mol. The van der Waals surface area contributed by atoms with Gasteiger partial charge < -0.3 is 5.11 Å². The predicted octanol–water partition coefficient (Wildman–Crippen LogP) is 3.54.